The molecule has 1 aliphatic heterocycles. The Kier molecular flexibility index (Phi) is 2.04. The molecule has 0 unspecified atom stereocenters. The Morgan fingerprint density at radius 1 is 1.82 bits per heavy atom. The van der Waals surface area contributed by atoms with Crippen LogP contribution in [0.4, 0.5) is 4.79 Å². The molecule has 60 valence electrons. The van der Waals surface area contributed by atoms with Gasteiger partial charge in [0.2, 0.25) is 0 Å². The van der Waals surface area contributed by atoms with Crippen molar-refractivity contribution in [2.24, 2.45) is 0 Å². The van der Waals surface area contributed by atoms with Gasteiger partial charge in [-0.25, -0.2) is 4.79 Å². The van der Waals surface area contributed by atoms with E-state index in [0.717, 1.165) is 0 Å². The number of cyclic esters (lactones) is 1. The molecule has 1 fully saturated rings. The highest BCUT2D eigenvalue weighted by Crippen LogP contribution is 2.12. The standard InChI is InChI=1S/C8H11NO2/c1-4-7-5-9(6(2)3)8(10)11-7/h1,6-7H,5H2,2-3H3/t7-/m0/s1. The maximum Gasteiger partial charge on any atom is 0.411 e. The number of amides is 1. The van der Waals surface area contributed by atoms with E-state index in [1.165, 1.54) is 0 Å². The molecule has 0 spiro atoms. The van der Waals surface area contributed by atoms with Crippen LogP contribution in [0.5, 0.6) is 0 Å². The molecule has 1 aliphatic rings. The van der Waals surface area contributed by atoms with Crippen molar-refractivity contribution in [1.29, 1.82) is 0 Å². The fourth-order valence-corrected chi connectivity index (χ4v) is 0.988. The zero-order valence-electron chi connectivity index (χ0n) is 6.70. The molecule has 0 aromatic heterocycles. The average molecular weight is 153 g/mol. The van der Waals surface area contributed by atoms with E-state index in [1.807, 2.05) is 13.8 Å². The molecule has 3 heteroatoms. The molecule has 0 aromatic rings. The minimum Gasteiger partial charge on any atom is -0.431 e. The van der Waals surface area contributed by atoms with Crippen molar-refractivity contribution >= 4 is 6.09 Å². The van der Waals surface area contributed by atoms with Crippen LogP contribution in [-0.4, -0.2) is 29.7 Å². The second-order valence-corrected chi connectivity index (χ2v) is 2.79. The van der Waals surface area contributed by atoms with Crippen molar-refractivity contribution in [2.45, 2.75) is 26.0 Å². The molecule has 1 amide bonds. The summed E-state index contributed by atoms with van der Waals surface area (Å²) >= 11 is 0. The van der Waals surface area contributed by atoms with Crippen molar-refractivity contribution < 1.29 is 9.53 Å². The Balaban J connectivity index is 2.60. The Hall–Kier alpha value is -1.17. The molecule has 0 N–H and O–H groups in total. The normalized spacial score (nSPS) is 23.6. The van der Waals surface area contributed by atoms with Crippen LogP contribution >= 0.6 is 0 Å². The Morgan fingerprint density at radius 3 is 2.73 bits per heavy atom. The van der Waals surface area contributed by atoms with Gasteiger partial charge in [0.1, 0.15) is 0 Å². The highest BCUT2D eigenvalue weighted by Gasteiger charge is 2.31. The van der Waals surface area contributed by atoms with Crippen molar-refractivity contribution in [2.75, 3.05) is 6.54 Å². The van der Waals surface area contributed by atoms with Gasteiger partial charge in [0.25, 0.3) is 0 Å². The molecule has 11 heavy (non-hydrogen) atoms. The molecule has 0 aliphatic carbocycles. The van der Waals surface area contributed by atoms with Gasteiger partial charge in [0, 0.05) is 6.04 Å². The van der Waals surface area contributed by atoms with E-state index in [0.29, 0.717) is 6.54 Å². The van der Waals surface area contributed by atoms with Gasteiger partial charge < -0.3 is 9.64 Å². The average Bonchev–Trinajstić information content (AvgIpc) is 2.30. The summed E-state index contributed by atoms with van der Waals surface area (Å²) in [6, 6.07) is 0.167. The predicted molar refractivity (Wildman–Crippen MR) is 40.9 cm³/mol. The van der Waals surface area contributed by atoms with Crippen molar-refractivity contribution in [3.8, 4) is 12.3 Å². The molecule has 1 atom stereocenters. The second-order valence-electron chi connectivity index (χ2n) is 2.79. The van der Waals surface area contributed by atoms with Gasteiger partial charge in [-0.3, -0.25) is 0 Å². The van der Waals surface area contributed by atoms with Crippen LogP contribution in [0.1, 0.15) is 13.8 Å². The van der Waals surface area contributed by atoms with Gasteiger partial charge in [-0.2, -0.15) is 0 Å². The summed E-state index contributed by atoms with van der Waals surface area (Å²) in [5, 5.41) is 0. The van der Waals surface area contributed by atoms with E-state index < -0.39 is 0 Å². The lowest BCUT2D eigenvalue weighted by Gasteiger charge is -2.16. The Morgan fingerprint density at radius 2 is 2.45 bits per heavy atom. The topological polar surface area (TPSA) is 29.5 Å². The largest absolute Gasteiger partial charge is 0.431 e. The first-order valence-electron chi connectivity index (χ1n) is 3.58. The van der Waals surface area contributed by atoms with E-state index in [2.05, 4.69) is 5.92 Å². The summed E-state index contributed by atoms with van der Waals surface area (Å²) in [4.78, 5) is 12.6. The maximum absolute atomic E-state index is 11.0. The number of terminal acetylenes is 1. The number of carbonyl (C=O) groups is 1. The van der Waals surface area contributed by atoms with Crippen LogP contribution in [-0.2, 0) is 4.74 Å². The van der Waals surface area contributed by atoms with Gasteiger partial charge in [-0.15, -0.1) is 6.42 Å². The summed E-state index contributed by atoms with van der Waals surface area (Å²) in [5.41, 5.74) is 0. The summed E-state index contributed by atoms with van der Waals surface area (Å²) < 4.78 is 4.84. The van der Waals surface area contributed by atoms with E-state index in [1.54, 1.807) is 4.90 Å². The van der Waals surface area contributed by atoms with E-state index in [9.17, 15) is 4.79 Å². The van der Waals surface area contributed by atoms with Gasteiger partial charge in [0.15, 0.2) is 6.10 Å². The van der Waals surface area contributed by atoms with Crippen molar-refractivity contribution in [3.63, 3.8) is 0 Å². The quantitative estimate of drug-likeness (QED) is 0.522. The molecular weight excluding hydrogens is 142 g/mol. The summed E-state index contributed by atoms with van der Waals surface area (Å²) in [6.45, 7) is 4.38. The highest BCUT2D eigenvalue weighted by atomic mass is 16.6. The fraction of sp³-hybridized carbons (Fsp3) is 0.625. The summed E-state index contributed by atoms with van der Waals surface area (Å²) in [5.74, 6) is 2.39. The number of ether oxygens (including phenoxy) is 1. The lowest BCUT2D eigenvalue weighted by atomic mass is 10.3. The minimum absolute atomic E-state index is 0.167. The van der Waals surface area contributed by atoms with Crippen LogP contribution in [0.25, 0.3) is 0 Å². The highest BCUT2D eigenvalue weighted by molar-refractivity contribution is 5.70. The van der Waals surface area contributed by atoms with Gasteiger partial charge in [-0.1, -0.05) is 5.92 Å². The molecule has 0 bridgehead atoms. The Bertz CT molecular complexity index is 205. The van der Waals surface area contributed by atoms with Gasteiger partial charge in [-0.05, 0) is 13.8 Å². The van der Waals surface area contributed by atoms with Crippen LogP contribution in [0.3, 0.4) is 0 Å². The van der Waals surface area contributed by atoms with Gasteiger partial charge in [0.05, 0.1) is 6.54 Å². The third-order valence-corrected chi connectivity index (χ3v) is 1.65. The minimum atomic E-state index is -0.357. The predicted octanol–water partition coefficient (Wildman–Crippen LogP) is 0.849. The van der Waals surface area contributed by atoms with Crippen LogP contribution in [0.2, 0.25) is 0 Å². The molecular formula is C8H11NO2. The second kappa shape index (κ2) is 2.83. The lowest BCUT2D eigenvalue weighted by molar-refractivity contribution is 0.143. The molecule has 3 nitrogen and oxygen atoms in total. The summed E-state index contributed by atoms with van der Waals surface area (Å²) in [7, 11) is 0. The SMILES string of the molecule is C#C[C@H]1CN(C(C)C)C(=O)O1. The first-order chi connectivity index (χ1) is 5.15. The van der Waals surface area contributed by atoms with Crippen LogP contribution in [0.15, 0.2) is 0 Å². The van der Waals surface area contributed by atoms with Crippen molar-refractivity contribution in [1.82, 2.24) is 4.90 Å². The molecule has 1 rings (SSSR count). The molecule has 1 heterocycles. The zero-order chi connectivity index (χ0) is 8.43. The summed E-state index contributed by atoms with van der Waals surface area (Å²) in [6.07, 6.45) is 4.45. The molecule has 1 saturated heterocycles. The van der Waals surface area contributed by atoms with E-state index in [-0.39, 0.29) is 18.2 Å². The van der Waals surface area contributed by atoms with E-state index in [4.69, 9.17) is 11.2 Å². The number of hydrogen-bond donors (Lipinski definition) is 0. The molecule has 0 saturated carbocycles. The van der Waals surface area contributed by atoms with Crippen molar-refractivity contribution in [3.05, 3.63) is 0 Å². The number of rotatable bonds is 1. The van der Waals surface area contributed by atoms with E-state index >= 15 is 0 Å². The number of carbonyl (C=O) groups excluding carboxylic acids is 1. The molecule has 0 radical (unpaired) electrons. The van der Waals surface area contributed by atoms with Crippen LogP contribution < -0.4 is 0 Å². The fourth-order valence-electron chi connectivity index (χ4n) is 0.988. The third kappa shape index (κ3) is 1.45. The first-order valence-corrected chi connectivity index (χ1v) is 3.58. The monoisotopic (exact) mass is 153 g/mol. The first kappa shape index (κ1) is 7.93. The maximum atomic E-state index is 11.0. The lowest BCUT2D eigenvalue weighted by Crippen LogP contribution is -2.31. The number of nitrogens with zero attached hydrogens (tertiary/aromatic N) is 1. The third-order valence-electron chi connectivity index (χ3n) is 1.65. The zero-order valence-corrected chi connectivity index (χ0v) is 6.70. The Labute approximate surface area is 66.3 Å². The molecule has 0 aromatic carbocycles. The van der Waals surface area contributed by atoms with Gasteiger partial charge >= 0.3 is 6.09 Å². The number of hydrogen-bond acceptors (Lipinski definition) is 2. The van der Waals surface area contributed by atoms with Crippen LogP contribution in [0, 0.1) is 12.3 Å². The smallest absolute Gasteiger partial charge is 0.411 e.